The zero-order valence-electron chi connectivity index (χ0n) is 15.5. The Hall–Kier alpha value is -2.02. The molecule has 1 aromatic carbocycles. The molecule has 1 saturated carbocycles. The molecule has 1 aromatic rings. The summed E-state index contributed by atoms with van der Waals surface area (Å²) in [4.78, 5) is 5.93. The smallest absolute Gasteiger partial charge is 0.233 e. The van der Waals surface area contributed by atoms with Crippen molar-refractivity contribution in [3.63, 3.8) is 0 Å². The Labute approximate surface area is 149 Å². The largest absolute Gasteiger partial charge is 0.569 e. The summed E-state index contributed by atoms with van der Waals surface area (Å²) in [5.41, 5.74) is 0.807. The van der Waals surface area contributed by atoms with Gasteiger partial charge in [-0.3, -0.25) is 0 Å². The average molecular weight is 351 g/mol. The van der Waals surface area contributed by atoms with Gasteiger partial charge in [0.05, 0.1) is 24.2 Å². The molecule has 1 aliphatic rings. The molecule has 140 valence electrons. The van der Waals surface area contributed by atoms with E-state index in [-0.39, 0.29) is 19.3 Å². The number of hydrazine groups is 1. The number of methoxy groups -OCH3 is 1. The van der Waals surface area contributed by atoms with Crippen molar-refractivity contribution in [1.82, 2.24) is 5.01 Å². The highest BCUT2D eigenvalue weighted by Crippen LogP contribution is 2.36. The van der Waals surface area contributed by atoms with Crippen LogP contribution in [0.2, 0.25) is 0 Å². The first-order valence-electron chi connectivity index (χ1n) is 8.71. The molecule has 1 fully saturated rings. The fourth-order valence-electron chi connectivity index (χ4n) is 3.14. The van der Waals surface area contributed by atoms with Crippen LogP contribution in [-0.2, 0) is 4.84 Å². The molecule has 0 radical (unpaired) electrons. The maximum atomic E-state index is 12.2. The van der Waals surface area contributed by atoms with Crippen LogP contribution in [0.3, 0.4) is 0 Å². The second kappa shape index (κ2) is 8.38. The van der Waals surface area contributed by atoms with E-state index in [0.29, 0.717) is 10.9 Å². The van der Waals surface area contributed by atoms with Crippen LogP contribution >= 0.6 is 0 Å². The molecule has 7 heteroatoms. The van der Waals surface area contributed by atoms with E-state index in [9.17, 15) is 5.21 Å². The summed E-state index contributed by atoms with van der Waals surface area (Å²) < 4.78 is 5.19. The van der Waals surface area contributed by atoms with Gasteiger partial charge in [0.2, 0.25) is 5.28 Å². The molecule has 0 amide bonds. The van der Waals surface area contributed by atoms with Gasteiger partial charge in [0.15, 0.2) is 0 Å². The third-order valence-electron chi connectivity index (χ3n) is 4.53. The first kappa shape index (κ1) is 19.3. The van der Waals surface area contributed by atoms with Crippen molar-refractivity contribution in [2.24, 2.45) is 5.28 Å². The van der Waals surface area contributed by atoms with Crippen molar-refractivity contribution in [1.29, 1.82) is 0 Å². The normalized spacial score (nSPS) is 21.2. The van der Waals surface area contributed by atoms with Crippen molar-refractivity contribution >= 4 is 0 Å². The zero-order chi connectivity index (χ0) is 18.4. The van der Waals surface area contributed by atoms with Gasteiger partial charge in [0.25, 0.3) is 0 Å². The Kier molecular flexibility index (Phi) is 6.47. The van der Waals surface area contributed by atoms with E-state index in [4.69, 9.17) is 14.7 Å². The van der Waals surface area contributed by atoms with Crippen LogP contribution < -0.4 is 4.74 Å². The predicted octanol–water partition coefficient (Wildman–Crippen LogP) is 3.23. The Morgan fingerprint density at radius 3 is 2.52 bits per heavy atom. The van der Waals surface area contributed by atoms with E-state index in [0.717, 1.165) is 25.0 Å². The van der Waals surface area contributed by atoms with Crippen molar-refractivity contribution in [2.75, 3.05) is 20.3 Å². The van der Waals surface area contributed by atoms with Crippen molar-refractivity contribution < 1.29 is 19.7 Å². The van der Waals surface area contributed by atoms with E-state index in [1.54, 1.807) is 7.11 Å². The molecule has 0 aliphatic heterocycles. The van der Waals surface area contributed by atoms with Gasteiger partial charge in [-0.25, -0.2) is 0 Å². The van der Waals surface area contributed by atoms with E-state index in [1.165, 1.54) is 10.6 Å². The van der Waals surface area contributed by atoms with Gasteiger partial charge in [-0.15, -0.1) is 5.01 Å². The van der Waals surface area contributed by atoms with E-state index in [1.807, 2.05) is 32.9 Å². The number of ether oxygens (including phenoxy) is 1. The fourth-order valence-corrected chi connectivity index (χ4v) is 3.14. The number of β-amino-alcohol motifs (C(OH)–C–C–N with tert-alkyl or cyclic N) is 1. The monoisotopic (exact) mass is 351 g/mol. The van der Waals surface area contributed by atoms with E-state index < -0.39 is 5.54 Å². The van der Waals surface area contributed by atoms with Gasteiger partial charge in [-0.2, -0.15) is 0 Å². The lowest BCUT2D eigenvalue weighted by Crippen LogP contribution is -2.47. The molecule has 1 N–H and O–H groups in total. The average Bonchev–Trinajstić information content (AvgIpc) is 3.05. The molecule has 0 aromatic heterocycles. The number of rotatable bonds is 7. The second-order valence-electron chi connectivity index (χ2n) is 7.36. The summed E-state index contributed by atoms with van der Waals surface area (Å²) in [5.74, 6) is 1.25. The number of hydrogen-bond donors (Lipinski definition) is 1. The minimum absolute atomic E-state index is 0.0699. The van der Waals surface area contributed by atoms with Crippen LogP contribution in [0.15, 0.2) is 29.5 Å². The van der Waals surface area contributed by atoms with Crippen LogP contribution in [0.25, 0.3) is 0 Å². The molecule has 0 saturated heterocycles. The molecule has 25 heavy (non-hydrogen) atoms. The zero-order valence-corrected chi connectivity index (χ0v) is 15.5. The van der Waals surface area contributed by atoms with Crippen molar-refractivity contribution in [3.05, 3.63) is 35.0 Å². The molecule has 2 rings (SSSR count). The lowest BCUT2D eigenvalue weighted by Gasteiger charge is -2.29. The van der Waals surface area contributed by atoms with Crippen LogP contribution in [0.5, 0.6) is 5.75 Å². The van der Waals surface area contributed by atoms with Gasteiger partial charge in [-0.05, 0) is 63.6 Å². The molecule has 2 atom stereocenters. The van der Waals surface area contributed by atoms with E-state index in [2.05, 4.69) is 17.4 Å². The highest BCUT2D eigenvalue weighted by atomic mass is 16.7. The molecule has 1 aliphatic carbocycles. The first-order chi connectivity index (χ1) is 11.8. The Bertz CT molecular complexity index is 569. The van der Waals surface area contributed by atoms with Crippen molar-refractivity contribution in [2.45, 2.75) is 57.6 Å². The van der Waals surface area contributed by atoms with Crippen LogP contribution in [-0.4, -0.2) is 47.0 Å². The third kappa shape index (κ3) is 5.22. The van der Waals surface area contributed by atoms with Crippen LogP contribution in [0, 0.1) is 5.21 Å². The third-order valence-corrected chi connectivity index (χ3v) is 4.53. The Morgan fingerprint density at radius 2 is 1.96 bits per heavy atom. The highest BCUT2D eigenvalue weighted by molar-refractivity contribution is 5.29. The highest BCUT2D eigenvalue weighted by Gasteiger charge is 2.31. The lowest BCUT2D eigenvalue weighted by molar-refractivity contribution is -0.726. The van der Waals surface area contributed by atoms with Gasteiger partial charge < -0.3 is 19.9 Å². The fraction of sp³-hybridized carbons (Fsp3) is 0.667. The van der Waals surface area contributed by atoms with Gasteiger partial charge >= 0.3 is 0 Å². The summed E-state index contributed by atoms with van der Waals surface area (Å²) in [5, 5.41) is 26.5. The maximum Gasteiger partial charge on any atom is 0.233 e. The molecule has 0 spiro atoms. The Balaban J connectivity index is 1.93. The molecular weight excluding hydrogens is 322 g/mol. The number of aliphatic hydroxyl groups excluding tert-OH is 1. The van der Waals surface area contributed by atoms with E-state index >= 15 is 0 Å². The summed E-state index contributed by atoms with van der Waals surface area (Å²) in [6.45, 7) is 5.75. The predicted molar refractivity (Wildman–Crippen MR) is 94.1 cm³/mol. The molecule has 0 bridgehead atoms. The minimum Gasteiger partial charge on any atom is -0.569 e. The SMILES string of the molecule is COc1ccc([C@@H]2CC[C@H](O/N=[N+](\[O-])N(CCO)C(C)(C)C)C2)cc1. The van der Waals surface area contributed by atoms with Gasteiger partial charge in [0, 0.05) is 0 Å². The first-order valence-corrected chi connectivity index (χ1v) is 8.71. The number of benzene rings is 1. The number of aliphatic hydroxyl groups is 1. The number of hydrogen-bond acceptors (Lipinski definition) is 5. The maximum absolute atomic E-state index is 12.2. The Morgan fingerprint density at radius 1 is 1.28 bits per heavy atom. The number of nitrogens with zero attached hydrogens (tertiary/aromatic N) is 3. The molecule has 0 unspecified atom stereocenters. The standard InChI is InChI=1S/C18H29N3O4/c1-18(2,3)20(11-12-22)21(23)19-25-17-10-7-15(13-17)14-5-8-16(24-4)9-6-14/h5-6,8-9,15,17,22H,7,10-13H2,1-4H3/b21-19-/t15-,17+/m1/s1. The molecular formula is C18H29N3O4. The topological polar surface area (TPSA) is 80.4 Å². The van der Waals surface area contributed by atoms with Crippen LogP contribution in [0.4, 0.5) is 0 Å². The lowest BCUT2D eigenvalue weighted by atomic mass is 9.98. The van der Waals surface area contributed by atoms with Crippen molar-refractivity contribution in [3.8, 4) is 5.75 Å². The summed E-state index contributed by atoms with van der Waals surface area (Å²) >= 11 is 0. The van der Waals surface area contributed by atoms with Gasteiger partial charge in [0.1, 0.15) is 18.4 Å². The van der Waals surface area contributed by atoms with Crippen LogP contribution in [0.1, 0.15) is 51.5 Å². The quantitative estimate of drug-likeness (QED) is 0.463. The molecule has 7 nitrogen and oxygen atoms in total. The summed E-state index contributed by atoms with van der Waals surface area (Å²) in [6, 6.07) is 8.07. The summed E-state index contributed by atoms with van der Waals surface area (Å²) in [7, 11) is 1.66. The van der Waals surface area contributed by atoms with Gasteiger partial charge in [-0.1, -0.05) is 12.1 Å². The summed E-state index contributed by atoms with van der Waals surface area (Å²) in [6.07, 6.45) is 2.63. The second-order valence-corrected chi connectivity index (χ2v) is 7.36. The minimum atomic E-state index is -0.446. The molecule has 0 heterocycles.